The fraction of sp³-hybridized carbons (Fsp3) is 0.333. The Bertz CT molecular complexity index is 1280. The minimum Gasteiger partial charge on any atom is -0.373 e. The minimum absolute atomic E-state index is 0.0147. The van der Waals surface area contributed by atoms with Gasteiger partial charge in [0.1, 0.15) is 17.7 Å². The molecule has 0 radical (unpaired) electrons. The summed E-state index contributed by atoms with van der Waals surface area (Å²) in [4.78, 5) is 17.5. The molecule has 0 bridgehead atoms. The lowest BCUT2D eigenvalue weighted by atomic mass is 10.0. The first kappa shape index (κ1) is 24.1. The van der Waals surface area contributed by atoms with Crippen molar-refractivity contribution in [3.63, 3.8) is 0 Å². The number of ether oxygens (including phenoxy) is 1. The van der Waals surface area contributed by atoms with Crippen molar-refractivity contribution in [3.8, 4) is 0 Å². The van der Waals surface area contributed by atoms with Gasteiger partial charge < -0.3 is 14.6 Å². The summed E-state index contributed by atoms with van der Waals surface area (Å²) in [6.07, 6.45) is 2.80. The molecule has 3 aromatic rings. The van der Waals surface area contributed by atoms with Crippen molar-refractivity contribution in [2.75, 3.05) is 13.1 Å². The van der Waals surface area contributed by atoms with E-state index in [0.29, 0.717) is 5.82 Å². The van der Waals surface area contributed by atoms with Gasteiger partial charge in [0, 0.05) is 43.7 Å². The van der Waals surface area contributed by atoms with Crippen molar-refractivity contribution in [3.05, 3.63) is 83.7 Å². The Hall–Kier alpha value is -3.08. The van der Waals surface area contributed by atoms with Crippen LogP contribution >= 0.6 is 0 Å². The van der Waals surface area contributed by atoms with Crippen LogP contribution in [0, 0.1) is 5.82 Å². The number of halogens is 1. The predicted octanol–water partition coefficient (Wildman–Crippen LogP) is 2.88. The number of imidazole rings is 1. The Kier molecular flexibility index (Phi) is 6.83. The van der Waals surface area contributed by atoms with Crippen LogP contribution in [-0.4, -0.2) is 53.5 Å². The van der Waals surface area contributed by atoms with Gasteiger partial charge in [0.25, 0.3) is 5.91 Å². The van der Waals surface area contributed by atoms with E-state index in [9.17, 15) is 17.6 Å². The molecule has 0 unspecified atom stereocenters. The van der Waals surface area contributed by atoms with Gasteiger partial charge in [-0.05, 0) is 38.1 Å². The van der Waals surface area contributed by atoms with Crippen molar-refractivity contribution >= 4 is 15.9 Å². The van der Waals surface area contributed by atoms with Crippen LogP contribution in [0.1, 0.15) is 41.6 Å². The molecule has 0 spiro atoms. The second-order valence-electron chi connectivity index (χ2n) is 8.43. The number of carbonyl (C=O) groups excluding carboxylic acids is 1. The third-order valence-corrected chi connectivity index (χ3v) is 7.56. The van der Waals surface area contributed by atoms with Gasteiger partial charge in [0.05, 0.1) is 17.1 Å². The first-order valence-electron chi connectivity index (χ1n) is 10.9. The maximum atomic E-state index is 14.6. The van der Waals surface area contributed by atoms with E-state index in [1.165, 1.54) is 34.6 Å². The highest BCUT2D eigenvalue weighted by atomic mass is 32.2. The third kappa shape index (κ3) is 4.89. The number of hydrogen-bond donors (Lipinski definition) is 1. The predicted molar refractivity (Wildman–Crippen MR) is 124 cm³/mol. The molecule has 180 valence electrons. The Morgan fingerprint density at radius 3 is 2.50 bits per heavy atom. The lowest BCUT2D eigenvalue weighted by molar-refractivity contribution is -0.0440. The smallest absolute Gasteiger partial charge is 0.252 e. The molecule has 3 atom stereocenters. The topological polar surface area (TPSA) is 93.5 Å². The molecule has 2 aromatic carbocycles. The van der Waals surface area contributed by atoms with Crippen molar-refractivity contribution in [1.29, 1.82) is 0 Å². The van der Waals surface area contributed by atoms with Gasteiger partial charge in [-0.1, -0.05) is 24.3 Å². The van der Waals surface area contributed by atoms with Crippen LogP contribution in [0.25, 0.3) is 0 Å². The van der Waals surface area contributed by atoms with Gasteiger partial charge in [-0.15, -0.1) is 0 Å². The number of nitrogens with zero attached hydrogens (tertiary/aromatic N) is 3. The van der Waals surface area contributed by atoms with E-state index >= 15 is 0 Å². The molecule has 2 heterocycles. The number of rotatable bonds is 6. The average Bonchev–Trinajstić information content (AvgIpc) is 3.23. The molecular weight excluding hydrogens is 459 g/mol. The maximum Gasteiger partial charge on any atom is 0.252 e. The number of morpholine rings is 1. The lowest BCUT2D eigenvalue weighted by Gasteiger charge is -2.34. The van der Waals surface area contributed by atoms with Gasteiger partial charge in [-0.25, -0.2) is 17.8 Å². The van der Waals surface area contributed by atoms with E-state index in [1.807, 2.05) is 13.8 Å². The molecule has 0 saturated carbocycles. The summed E-state index contributed by atoms with van der Waals surface area (Å²) in [7, 11) is -2.07. The minimum atomic E-state index is -3.82. The molecule has 1 aliphatic heterocycles. The van der Waals surface area contributed by atoms with Gasteiger partial charge in [0.2, 0.25) is 10.0 Å². The summed E-state index contributed by atoms with van der Waals surface area (Å²) in [6.45, 7) is 4.11. The van der Waals surface area contributed by atoms with Gasteiger partial charge in [0.15, 0.2) is 0 Å². The molecule has 1 aromatic heterocycles. The second kappa shape index (κ2) is 9.65. The van der Waals surface area contributed by atoms with E-state index in [-0.39, 0.29) is 41.3 Å². The molecule has 4 rings (SSSR count). The quantitative estimate of drug-likeness (QED) is 0.578. The van der Waals surface area contributed by atoms with Gasteiger partial charge in [-0.3, -0.25) is 4.79 Å². The van der Waals surface area contributed by atoms with Crippen molar-refractivity contribution in [2.45, 2.75) is 37.0 Å². The molecule has 1 amide bonds. The Labute approximate surface area is 198 Å². The van der Waals surface area contributed by atoms with Gasteiger partial charge in [-0.2, -0.15) is 4.31 Å². The van der Waals surface area contributed by atoms with E-state index in [4.69, 9.17) is 4.74 Å². The Morgan fingerprint density at radius 1 is 1.15 bits per heavy atom. The number of sulfonamides is 1. The Balaban J connectivity index is 1.64. The summed E-state index contributed by atoms with van der Waals surface area (Å²) >= 11 is 0. The average molecular weight is 487 g/mol. The van der Waals surface area contributed by atoms with E-state index in [0.717, 1.165) is 0 Å². The Morgan fingerprint density at radius 2 is 1.85 bits per heavy atom. The molecule has 0 aliphatic carbocycles. The molecule has 10 heteroatoms. The van der Waals surface area contributed by atoms with Crippen LogP contribution < -0.4 is 5.32 Å². The van der Waals surface area contributed by atoms with Gasteiger partial charge >= 0.3 is 0 Å². The lowest BCUT2D eigenvalue weighted by Crippen LogP contribution is -2.48. The highest BCUT2D eigenvalue weighted by Gasteiger charge is 2.33. The summed E-state index contributed by atoms with van der Waals surface area (Å²) in [5, 5.41) is 2.82. The number of benzene rings is 2. The van der Waals surface area contributed by atoms with Crippen LogP contribution in [0.5, 0.6) is 0 Å². The van der Waals surface area contributed by atoms with E-state index in [1.54, 1.807) is 42.2 Å². The summed E-state index contributed by atoms with van der Waals surface area (Å²) in [6, 6.07) is 11.1. The molecule has 1 saturated heterocycles. The zero-order chi connectivity index (χ0) is 24.5. The highest BCUT2D eigenvalue weighted by molar-refractivity contribution is 7.89. The standard InChI is InChI=1S/C24H27FN4O4S/c1-16-14-29(15-17(2)33-16)34(31,32)19-8-6-7-18(13-19)24(30)27-22(23-26-11-12-28(23)3)20-9-4-5-10-21(20)25/h4-13,16-17,22H,14-15H2,1-3H3,(H,27,30)/t16-,17+,22-/m1/s1. The summed E-state index contributed by atoms with van der Waals surface area (Å²) in [5.41, 5.74) is 0.399. The zero-order valence-corrected chi connectivity index (χ0v) is 20.0. The second-order valence-corrected chi connectivity index (χ2v) is 10.4. The highest BCUT2D eigenvalue weighted by Crippen LogP contribution is 2.25. The van der Waals surface area contributed by atoms with E-state index < -0.39 is 27.8 Å². The fourth-order valence-corrected chi connectivity index (χ4v) is 5.77. The number of carbonyl (C=O) groups is 1. The summed E-state index contributed by atoms with van der Waals surface area (Å²) < 4.78 is 49.8. The number of hydrogen-bond acceptors (Lipinski definition) is 5. The molecular formula is C24H27FN4O4S. The fourth-order valence-electron chi connectivity index (χ4n) is 4.13. The summed E-state index contributed by atoms with van der Waals surface area (Å²) in [5.74, 6) is -0.585. The number of nitrogens with one attached hydrogen (secondary N) is 1. The molecule has 1 fully saturated rings. The zero-order valence-electron chi connectivity index (χ0n) is 19.2. The monoisotopic (exact) mass is 486 g/mol. The molecule has 34 heavy (non-hydrogen) atoms. The van der Waals surface area contributed by atoms with Crippen molar-refractivity contribution < 1.29 is 22.3 Å². The molecule has 1 aliphatic rings. The molecule has 1 N–H and O–H groups in total. The van der Waals surface area contributed by atoms with Crippen molar-refractivity contribution in [2.24, 2.45) is 7.05 Å². The number of amides is 1. The first-order chi connectivity index (χ1) is 16.2. The van der Waals surface area contributed by atoms with Crippen molar-refractivity contribution in [1.82, 2.24) is 19.2 Å². The first-order valence-corrected chi connectivity index (χ1v) is 12.4. The third-order valence-electron chi connectivity index (χ3n) is 5.73. The normalized spacial score (nSPS) is 20.1. The van der Waals surface area contributed by atoms with Crippen LogP contribution in [0.2, 0.25) is 0 Å². The molecule has 8 nitrogen and oxygen atoms in total. The van der Waals surface area contributed by atoms with Crippen LogP contribution in [0.4, 0.5) is 4.39 Å². The van der Waals surface area contributed by atoms with Crippen LogP contribution in [0.15, 0.2) is 65.8 Å². The SMILES string of the molecule is C[C@@H]1CN(S(=O)(=O)c2cccc(C(=O)N[C@H](c3ccccc3F)c3nccn3C)c2)C[C@H](C)O1. The van der Waals surface area contributed by atoms with Crippen LogP contribution in [-0.2, 0) is 21.8 Å². The van der Waals surface area contributed by atoms with E-state index in [2.05, 4.69) is 10.3 Å². The largest absolute Gasteiger partial charge is 0.373 e. The van der Waals surface area contributed by atoms with Crippen LogP contribution in [0.3, 0.4) is 0 Å². The number of aryl methyl sites for hydroxylation is 1. The number of aromatic nitrogens is 2. The maximum absolute atomic E-state index is 14.6.